The number of nitrogens with two attached hydrogens (primary N) is 1. The summed E-state index contributed by atoms with van der Waals surface area (Å²) in [6.07, 6.45) is 3.64. The highest BCUT2D eigenvalue weighted by Crippen LogP contribution is 2.31. The summed E-state index contributed by atoms with van der Waals surface area (Å²) in [5.41, 5.74) is 8.49. The molecule has 160 valence electrons. The molecule has 0 atom stereocenters. The maximum Gasteiger partial charge on any atom is 0.289 e. The molecular formula is C22H26N7O2+. The second-order valence-corrected chi connectivity index (χ2v) is 7.99. The van der Waals surface area contributed by atoms with Crippen molar-refractivity contribution in [3.63, 3.8) is 0 Å². The summed E-state index contributed by atoms with van der Waals surface area (Å²) in [5, 5.41) is 0. The lowest BCUT2D eigenvalue weighted by Crippen LogP contribution is -3.13. The van der Waals surface area contributed by atoms with Gasteiger partial charge in [-0.3, -0.25) is 4.79 Å². The maximum atomic E-state index is 12.5. The standard InChI is InChI=1S/C22H25N7O2/c23-21-24-19(15-27-10-12-28(13-11-27)20(30)18-8-4-14-31-18)25-22(26-21)29-9-3-6-16-5-1-2-7-17(16)29/h1-2,4-5,7-8,14H,3,6,9-13,15H2,(H2,23,24,25,26)/p+1. The van der Waals surface area contributed by atoms with Crippen molar-refractivity contribution in [2.24, 2.45) is 0 Å². The van der Waals surface area contributed by atoms with Crippen LogP contribution < -0.4 is 15.5 Å². The molecule has 0 radical (unpaired) electrons. The quantitative estimate of drug-likeness (QED) is 0.639. The number of piperazine rings is 1. The number of furan rings is 1. The van der Waals surface area contributed by atoms with E-state index in [2.05, 4.69) is 33.1 Å². The lowest BCUT2D eigenvalue weighted by molar-refractivity contribution is -0.918. The number of aryl methyl sites for hydroxylation is 1. The normalized spacial score (nSPS) is 16.9. The Bertz CT molecular complexity index is 1060. The number of carbonyl (C=O) groups excluding carboxylic acids is 1. The summed E-state index contributed by atoms with van der Waals surface area (Å²) < 4.78 is 5.24. The summed E-state index contributed by atoms with van der Waals surface area (Å²) >= 11 is 0. The number of hydrogen-bond acceptors (Lipinski definition) is 7. The predicted octanol–water partition coefficient (Wildman–Crippen LogP) is 0.672. The number of quaternary nitrogens is 1. The molecule has 0 spiro atoms. The van der Waals surface area contributed by atoms with E-state index in [1.54, 1.807) is 12.1 Å². The van der Waals surface area contributed by atoms with Crippen LogP contribution in [0.25, 0.3) is 0 Å². The number of nitrogens with one attached hydrogen (secondary N) is 1. The molecule has 1 aromatic carbocycles. The van der Waals surface area contributed by atoms with Crippen LogP contribution in [0.4, 0.5) is 17.6 Å². The smallest absolute Gasteiger partial charge is 0.289 e. The van der Waals surface area contributed by atoms with Gasteiger partial charge in [0, 0.05) is 12.2 Å². The fourth-order valence-corrected chi connectivity index (χ4v) is 4.35. The molecule has 1 saturated heterocycles. The Hall–Kier alpha value is -3.46. The lowest BCUT2D eigenvalue weighted by Gasteiger charge is -2.32. The Labute approximate surface area is 180 Å². The highest BCUT2D eigenvalue weighted by molar-refractivity contribution is 5.91. The van der Waals surface area contributed by atoms with Crippen molar-refractivity contribution in [2.45, 2.75) is 19.4 Å². The molecule has 0 saturated carbocycles. The molecule has 1 amide bonds. The molecule has 1 fully saturated rings. The van der Waals surface area contributed by atoms with E-state index in [-0.39, 0.29) is 11.9 Å². The van der Waals surface area contributed by atoms with Crippen molar-refractivity contribution in [1.82, 2.24) is 19.9 Å². The summed E-state index contributed by atoms with van der Waals surface area (Å²) in [6, 6.07) is 11.8. The zero-order valence-corrected chi connectivity index (χ0v) is 17.3. The number of nitrogen functional groups attached to an aromatic ring is 1. The van der Waals surface area contributed by atoms with E-state index in [1.807, 2.05) is 11.0 Å². The minimum Gasteiger partial charge on any atom is -0.459 e. The highest BCUT2D eigenvalue weighted by Gasteiger charge is 2.27. The van der Waals surface area contributed by atoms with Crippen LogP contribution in [0.2, 0.25) is 0 Å². The van der Waals surface area contributed by atoms with E-state index >= 15 is 0 Å². The number of fused-ring (bicyclic) bond motifs is 1. The molecule has 0 unspecified atom stereocenters. The lowest BCUT2D eigenvalue weighted by atomic mass is 10.0. The Kier molecular flexibility index (Phi) is 5.25. The van der Waals surface area contributed by atoms with Crippen molar-refractivity contribution in [3.05, 3.63) is 59.8 Å². The molecule has 2 aromatic heterocycles. The third-order valence-corrected chi connectivity index (χ3v) is 5.94. The van der Waals surface area contributed by atoms with Crippen LogP contribution in [0.5, 0.6) is 0 Å². The molecule has 4 heterocycles. The van der Waals surface area contributed by atoms with Gasteiger partial charge in [0.1, 0.15) is 6.54 Å². The van der Waals surface area contributed by atoms with E-state index in [0.717, 1.165) is 38.2 Å². The van der Waals surface area contributed by atoms with Crippen LogP contribution in [0, 0.1) is 0 Å². The van der Waals surface area contributed by atoms with E-state index < -0.39 is 0 Å². The van der Waals surface area contributed by atoms with Crippen molar-refractivity contribution in [3.8, 4) is 0 Å². The van der Waals surface area contributed by atoms with Gasteiger partial charge in [0.15, 0.2) is 11.6 Å². The first-order chi connectivity index (χ1) is 15.2. The Morgan fingerprint density at radius 3 is 2.71 bits per heavy atom. The van der Waals surface area contributed by atoms with Gasteiger partial charge in [0.2, 0.25) is 11.9 Å². The average molecular weight is 420 g/mol. The monoisotopic (exact) mass is 420 g/mol. The van der Waals surface area contributed by atoms with Gasteiger partial charge in [0.25, 0.3) is 5.91 Å². The van der Waals surface area contributed by atoms with E-state index in [0.29, 0.717) is 37.2 Å². The molecule has 0 aliphatic carbocycles. The minimum absolute atomic E-state index is 0.0560. The van der Waals surface area contributed by atoms with E-state index in [9.17, 15) is 4.79 Å². The molecular weight excluding hydrogens is 394 g/mol. The van der Waals surface area contributed by atoms with E-state index in [4.69, 9.17) is 15.1 Å². The number of amides is 1. The average Bonchev–Trinajstić information content (AvgIpc) is 3.33. The Morgan fingerprint density at radius 2 is 1.90 bits per heavy atom. The van der Waals surface area contributed by atoms with Gasteiger partial charge in [-0.1, -0.05) is 18.2 Å². The summed E-state index contributed by atoms with van der Waals surface area (Å²) in [7, 11) is 0. The number of hydrogen-bond donors (Lipinski definition) is 2. The predicted molar refractivity (Wildman–Crippen MR) is 115 cm³/mol. The van der Waals surface area contributed by atoms with Crippen molar-refractivity contribution in [2.75, 3.05) is 43.4 Å². The minimum atomic E-state index is -0.0560. The van der Waals surface area contributed by atoms with Gasteiger partial charge >= 0.3 is 0 Å². The van der Waals surface area contributed by atoms with Crippen molar-refractivity contribution in [1.29, 1.82) is 0 Å². The molecule has 9 nitrogen and oxygen atoms in total. The largest absolute Gasteiger partial charge is 0.459 e. The number of nitrogens with zero attached hydrogens (tertiary/aromatic N) is 5. The van der Waals surface area contributed by atoms with Gasteiger partial charge < -0.3 is 24.9 Å². The first-order valence-corrected chi connectivity index (χ1v) is 10.7. The number of benzene rings is 1. The summed E-state index contributed by atoms with van der Waals surface area (Å²) in [4.78, 5) is 31.3. The van der Waals surface area contributed by atoms with Gasteiger partial charge in [-0.15, -0.1) is 0 Å². The number of rotatable bonds is 4. The van der Waals surface area contributed by atoms with Gasteiger partial charge in [0.05, 0.1) is 32.4 Å². The zero-order valence-electron chi connectivity index (χ0n) is 17.3. The fourth-order valence-electron chi connectivity index (χ4n) is 4.35. The van der Waals surface area contributed by atoms with Crippen molar-refractivity contribution < 1.29 is 14.1 Å². The van der Waals surface area contributed by atoms with E-state index in [1.165, 1.54) is 16.7 Å². The fraction of sp³-hybridized carbons (Fsp3) is 0.364. The molecule has 2 aliphatic heterocycles. The molecule has 3 N–H and O–H groups in total. The van der Waals surface area contributed by atoms with Gasteiger partial charge in [-0.05, 0) is 36.6 Å². The van der Waals surface area contributed by atoms with Gasteiger partial charge in [-0.25, -0.2) is 0 Å². The number of anilines is 3. The topological polar surface area (TPSA) is 106 Å². The number of aromatic nitrogens is 3. The second-order valence-electron chi connectivity index (χ2n) is 7.99. The first kappa shape index (κ1) is 19.5. The summed E-state index contributed by atoms with van der Waals surface area (Å²) in [5.74, 6) is 1.88. The zero-order chi connectivity index (χ0) is 21.2. The number of carbonyl (C=O) groups is 1. The SMILES string of the molecule is Nc1nc(C[NH+]2CCN(C(=O)c3ccco3)CC2)nc(N2CCCc3ccccc32)n1. The van der Waals surface area contributed by atoms with Crippen molar-refractivity contribution >= 4 is 23.5 Å². The first-order valence-electron chi connectivity index (χ1n) is 10.7. The molecule has 9 heteroatoms. The van der Waals surface area contributed by atoms with Crippen LogP contribution in [-0.4, -0.2) is 58.5 Å². The molecule has 2 aliphatic rings. The van der Waals surface area contributed by atoms with Gasteiger partial charge in [-0.2, -0.15) is 15.0 Å². The highest BCUT2D eigenvalue weighted by atomic mass is 16.3. The molecule has 31 heavy (non-hydrogen) atoms. The van der Waals surface area contributed by atoms with Crippen LogP contribution in [-0.2, 0) is 13.0 Å². The Balaban J connectivity index is 1.27. The maximum absolute atomic E-state index is 12.5. The third kappa shape index (κ3) is 4.09. The molecule has 0 bridgehead atoms. The Morgan fingerprint density at radius 1 is 1.06 bits per heavy atom. The van der Waals surface area contributed by atoms with Crippen LogP contribution >= 0.6 is 0 Å². The van der Waals surface area contributed by atoms with Crippen LogP contribution in [0.15, 0.2) is 47.1 Å². The summed E-state index contributed by atoms with van der Waals surface area (Å²) in [6.45, 7) is 4.49. The van der Waals surface area contributed by atoms with Crippen LogP contribution in [0.1, 0.15) is 28.4 Å². The number of para-hydroxylation sites is 1. The van der Waals surface area contributed by atoms with Crippen LogP contribution in [0.3, 0.4) is 0 Å². The third-order valence-electron chi connectivity index (χ3n) is 5.94. The molecule has 5 rings (SSSR count). The molecule has 3 aromatic rings. The second kappa shape index (κ2) is 8.35.